The normalized spacial score (nSPS) is 16.4. The Kier molecular flexibility index (Phi) is 6.74. The van der Waals surface area contributed by atoms with Crippen molar-refractivity contribution in [3.63, 3.8) is 0 Å². The summed E-state index contributed by atoms with van der Waals surface area (Å²) in [5, 5.41) is 0.766. The van der Waals surface area contributed by atoms with Gasteiger partial charge in [-0.25, -0.2) is 4.39 Å². The molecular weight excluding hydrogens is 537 g/mol. The third kappa shape index (κ3) is 4.97. The molecule has 6 nitrogen and oxygen atoms in total. The lowest BCUT2D eigenvalue weighted by molar-refractivity contribution is -0.136. The second kappa shape index (κ2) is 10.4. The van der Waals surface area contributed by atoms with Crippen LogP contribution in [0.25, 0.3) is 17.0 Å². The first-order chi connectivity index (χ1) is 18.9. The fourth-order valence-corrected chi connectivity index (χ4v) is 6.13. The molecule has 196 valence electrons. The van der Waals surface area contributed by atoms with Gasteiger partial charge in [0, 0.05) is 47.3 Å². The summed E-state index contributed by atoms with van der Waals surface area (Å²) in [5.74, 6) is -1.13. The standard InChI is InChI=1S/C30H23ClFN3O3S/c31-25-14-23(32)10-9-21(25)16-34-17-22(24-7-3-4-8-26(24)34)13-27-29(37)35(30(38)39-27)18-28(36)33-12-11-19-5-1-2-6-20(19)15-33/h1-10,13-14,17H,11-12,15-16,18H2/b27-13-. The number of rotatable bonds is 5. The maximum Gasteiger partial charge on any atom is 0.294 e. The Morgan fingerprint density at radius 3 is 2.62 bits per heavy atom. The lowest BCUT2D eigenvalue weighted by Gasteiger charge is -2.29. The highest BCUT2D eigenvalue weighted by Crippen LogP contribution is 2.35. The number of benzene rings is 3. The van der Waals surface area contributed by atoms with Gasteiger partial charge in [0.1, 0.15) is 12.4 Å². The van der Waals surface area contributed by atoms with Gasteiger partial charge in [0.15, 0.2) is 0 Å². The lowest BCUT2D eigenvalue weighted by Crippen LogP contribution is -2.44. The Morgan fingerprint density at radius 1 is 1.03 bits per heavy atom. The topological polar surface area (TPSA) is 62.6 Å². The molecule has 0 bridgehead atoms. The van der Waals surface area contributed by atoms with Gasteiger partial charge in [-0.1, -0.05) is 60.1 Å². The van der Waals surface area contributed by atoms with E-state index < -0.39 is 17.0 Å². The zero-order chi connectivity index (χ0) is 27.1. The number of hydrogen-bond donors (Lipinski definition) is 0. The van der Waals surface area contributed by atoms with Crippen LogP contribution in [0.3, 0.4) is 0 Å². The second-order valence-electron chi connectivity index (χ2n) is 9.57. The van der Waals surface area contributed by atoms with Gasteiger partial charge in [-0.2, -0.15) is 0 Å². The fourth-order valence-electron chi connectivity index (χ4n) is 5.08. The van der Waals surface area contributed by atoms with Crippen LogP contribution in [-0.2, 0) is 29.1 Å². The highest BCUT2D eigenvalue weighted by Gasteiger charge is 2.37. The third-order valence-corrected chi connectivity index (χ3v) is 8.37. The molecule has 0 radical (unpaired) electrons. The maximum atomic E-state index is 13.5. The predicted octanol–water partition coefficient (Wildman–Crippen LogP) is 6.10. The first kappa shape index (κ1) is 25.4. The fraction of sp³-hybridized carbons (Fsp3) is 0.167. The molecule has 4 aromatic rings. The molecule has 1 saturated heterocycles. The highest BCUT2D eigenvalue weighted by molar-refractivity contribution is 8.18. The van der Waals surface area contributed by atoms with Crippen molar-refractivity contribution >= 4 is 57.4 Å². The van der Waals surface area contributed by atoms with Crippen molar-refractivity contribution in [1.29, 1.82) is 0 Å². The molecule has 3 heterocycles. The smallest absolute Gasteiger partial charge is 0.294 e. The summed E-state index contributed by atoms with van der Waals surface area (Å²) in [4.78, 5) is 42.0. The minimum atomic E-state index is -0.478. The van der Waals surface area contributed by atoms with Crippen LogP contribution in [0.15, 0.2) is 77.8 Å². The number of fused-ring (bicyclic) bond motifs is 2. The van der Waals surface area contributed by atoms with Gasteiger partial charge in [-0.3, -0.25) is 19.3 Å². The molecule has 9 heteroatoms. The molecule has 1 fully saturated rings. The van der Waals surface area contributed by atoms with Crippen LogP contribution in [-0.4, -0.2) is 44.5 Å². The average molecular weight is 560 g/mol. The van der Waals surface area contributed by atoms with E-state index >= 15 is 0 Å². The van der Waals surface area contributed by atoms with Gasteiger partial charge in [0.05, 0.1) is 4.91 Å². The molecule has 0 N–H and O–H groups in total. The van der Waals surface area contributed by atoms with Crippen LogP contribution in [0.5, 0.6) is 0 Å². The van der Waals surface area contributed by atoms with Crippen LogP contribution in [0.2, 0.25) is 5.02 Å². The zero-order valence-electron chi connectivity index (χ0n) is 20.8. The number of thioether (sulfide) groups is 1. The molecule has 3 aromatic carbocycles. The molecule has 0 unspecified atom stereocenters. The van der Waals surface area contributed by atoms with E-state index in [1.807, 2.05) is 53.2 Å². The molecule has 2 aliphatic heterocycles. The van der Waals surface area contributed by atoms with Crippen molar-refractivity contribution in [1.82, 2.24) is 14.4 Å². The molecule has 2 aliphatic rings. The Hall–Kier alpha value is -3.88. The summed E-state index contributed by atoms with van der Waals surface area (Å²) in [7, 11) is 0. The van der Waals surface area contributed by atoms with Crippen molar-refractivity contribution in [2.24, 2.45) is 0 Å². The van der Waals surface area contributed by atoms with Crippen LogP contribution in [0.4, 0.5) is 9.18 Å². The molecule has 0 spiro atoms. The molecule has 39 heavy (non-hydrogen) atoms. The Morgan fingerprint density at radius 2 is 1.79 bits per heavy atom. The van der Waals surface area contributed by atoms with E-state index in [-0.39, 0.29) is 17.4 Å². The van der Waals surface area contributed by atoms with E-state index in [0.717, 1.165) is 50.7 Å². The van der Waals surface area contributed by atoms with Gasteiger partial charge < -0.3 is 9.47 Å². The average Bonchev–Trinajstić information content (AvgIpc) is 3.41. The van der Waals surface area contributed by atoms with E-state index in [0.29, 0.717) is 24.7 Å². The van der Waals surface area contributed by atoms with E-state index in [9.17, 15) is 18.8 Å². The Balaban J connectivity index is 1.23. The molecule has 3 amide bonds. The van der Waals surface area contributed by atoms with Crippen LogP contribution in [0.1, 0.15) is 22.3 Å². The largest absolute Gasteiger partial charge is 0.342 e. The van der Waals surface area contributed by atoms with Crippen molar-refractivity contribution in [2.75, 3.05) is 13.1 Å². The van der Waals surface area contributed by atoms with Crippen LogP contribution >= 0.6 is 23.4 Å². The number of carbonyl (C=O) groups is 3. The SMILES string of the molecule is O=C(CN1C(=O)S/C(=C\c2cn(Cc3ccc(F)cc3Cl)c3ccccc23)C1=O)N1CCc2ccccc2C1. The number of para-hydroxylation sites is 1. The first-order valence-corrected chi connectivity index (χ1v) is 13.7. The minimum absolute atomic E-state index is 0.249. The van der Waals surface area contributed by atoms with Crippen LogP contribution < -0.4 is 0 Å². The van der Waals surface area contributed by atoms with Crippen molar-refractivity contribution < 1.29 is 18.8 Å². The molecule has 0 aliphatic carbocycles. The van der Waals surface area contributed by atoms with E-state index in [2.05, 4.69) is 6.07 Å². The van der Waals surface area contributed by atoms with Crippen LogP contribution in [0, 0.1) is 5.82 Å². The molecule has 0 saturated carbocycles. The summed E-state index contributed by atoms with van der Waals surface area (Å²) < 4.78 is 15.5. The van der Waals surface area contributed by atoms with Gasteiger partial charge in [-0.05, 0) is 59.1 Å². The van der Waals surface area contributed by atoms with Gasteiger partial charge in [-0.15, -0.1) is 0 Å². The lowest BCUT2D eigenvalue weighted by atomic mass is 10.00. The number of amides is 3. The number of aromatic nitrogens is 1. The van der Waals surface area contributed by atoms with Gasteiger partial charge in [0.25, 0.3) is 11.1 Å². The monoisotopic (exact) mass is 559 g/mol. The summed E-state index contributed by atoms with van der Waals surface area (Å²) in [6.45, 7) is 1.15. The predicted molar refractivity (Wildman–Crippen MR) is 151 cm³/mol. The number of hydrogen-bond acceptors (Lipinski definition) is 4. The molecular formula is C30H23ClFN3O3S. The van der Waals surface area contributed by atoms with E-state index in [1.165, 1.54) is 17.7 Å². The quantitative estimate of drug-likeness (QED) is 0.277. The molecule has 0 atom stereocenters. The summed E-state index contributed by atoms with van der Waals surface area (Å²) in [6, 6.07) is 20.0. The van der Waals surface area contributed by atoms with Crippen molar-refractivity contribution in [2.45, 2.75) is 19.5 Å². The van der Waals surface area contributed by atoms with Crippen molar-refractivity contribution in [3.05, 3.63) is 111 Å². The molecule has 1 aromatic heterocycles. The van der Waals surface area contributed by atoms with Gasteiger partial charge >= 0.3 is 0 Å². The number of imide groups is 1. The van der Waals surface area contributed by atoms with Crippen molar-refractivity contribution in [3.8, 4) is 0 Å². The maximum absolute atomic E-state index is 13.5. The second-order valence-corrected chi connectivity index (χ2v) is 11.0. The summed E-state index contributed by atoms with van der Waals surface area (Å²) >= 11 is 7.10. The minimum Gasteiger partial charge on any atom is -0.342 e. The molecule has 6 rings (SSSR count). The van der Waals surface area contributed by atoms with E-state index in [1.54, 1.807) is 17.0 Å². The number of halogens is 2. The number of nitrogens with zero attached hydrogens (tertiary/aromatic N) is 3. The zero-order valence-corrected chi connectivity index (χ0v) is 22.3. The Bertz CT molecular complexity index is 1680. The van der Waals surface area contributed by atoms with E-state index in [4.69, 9.17) is 11.6 Å². The highest BCUT2D eigenvalue weighted by atomic mass is 35.5. The summed E-state index contributed by atoms with van der Waals surface area (Å²) in [6.07, 6.45) is 4.32. The number of carbonyl (C=O) groups excluding carboxylic acids is 3. The Labute approximate surface area is 233 Å². The summed E-state index contributed by atoms with van der Waals surface area (Å²) in [5.41, 5.74) is 4.72. The first-order valence-electron chi connectivity index (χ1n) is 12.5. The van der Waals surface area contributed by atoms with Gasteiger partial charge in [0.2, 0.25) is 5.91 Å². The third-order valence-electron chi connectivity index (χ3n) is 7.11.